The number of carboxylic acids is 1. The summed E-state index contributed by atoms with van der Waals surface area (Å²) >= 11 is 5.15. The van der Waals surface area contributed by atoms with Crippen LogP contribution in [-0.2, 0) is 0 Å². The van der Waals surface area contributed by atoms with E-state index in [1.807, 2.05) is 6.92 Å². The van der Waals surface area contributed by atoms with E-state index in [0.29, 0.717) is 11.2 Å². The van der Waals surface area contributed by atoms with Crippen molar-refractivity contribution in [3.05, 3.63) is 29.3 Å². The maximum atomic E-state index is 10.9. The first kappa shape index (κ1) is 11.9. The number of thiocarbonyl (C=S) groups is 1. The molecule has 2 rings (SSSR count). The monoisotopic (exact) mass is 250 g/mol. The summed E-state index contributed by atoms with van der Waals surface area (Å²) in [7, 11) is 0. The van der Waals surface area contributed by atoms with Crippen LogP contribution in [0.4, 0.5) is 5.69 Å². The molecule has 1 aromatic carbocycles. The Morgan fingerprint density at radius 3 is 2.76 bits per heavy atom. The molecule has 0 radical (unpaired) electrons. The second-order valence-electron chi connectivity index (χ2n) is 4.21. The average molecular weight is 250 g/mol. The Morgan fingerprint density at radius 1 is 1.47 bits per heavy atom. The van der Waals surface area contributed by atoms with E-state index in [2.05, 4.69) is 10.6 Å². The number of aromatic carboxylic acids is 1. The molecule has 0 aromatic heterocycles. The molecule has 1 aliphatic carbocycles. The molecule has 3 N–H and O–H groups in total. The zero-order chi connectivity index (χ0) is 12.4. The first-order valence-corrected chi connectivity index (χ1v) is 5.88. The lowest BCUT2D eigenvalue weighted by Gasteiger charge is -2.12. The molecule has 90 valence electrons. The smallest absolute Gasteiger partial charge is 0.335 e. The van der Waals surface area contributed by atoms with Gasteiger partial charge in [0.15, 0.2) is 5.11 Å². The minimum Gasteiger partial charge on any atom is -0.478 e. The van der Waals surface area contributed by atoms with Crippen LogP contribution in [0.1, 0.15) is 28.8 Å². The third-order valence-electron chi connectivity index (χ3n) is 2.65. The summed E-state index contributed by atoms with van der Waals surface area (Å²) in [6.45, 7) is 1.91. The van der Waals surface area contributed by atoms with E-state index in [4.69, 9.17) is 17.3 Å². The highest BCUT2D eigenvalue weighted by molar-refractivity contribution is 7.80. The molecule has 0 aliphatic heterocycles. The van der Waals surface area contributed by atoms with Gasteiger partial charge in [0.05, 0.1) is 5.56 Å². The molecule has 0 unspecified atom stereocenters. The lowest BCUT2D eigenvalue weighted by molar-refractivity contribution is 0.0697. The van der Waals surface area contributed by atoms with Gasteiger partial charge < -0.3 is 15.7 Å². The first-order valence-electron chi connectivity index (χ1n) is 5.48. The fourth-order valence-corrected chi connectivity index (χ4v) is 1.74. The predicted molar refractivity (Wildman–Crippen MR) is 70.5 cm³/mol. The maximum Gasteiger partial charge on any atom is 0.335 e. The Balaban J connectivity index is 2.09. The zero-order valence-electron chi connectivity index (χ0n) is 9.49. The summed E-state index contributed by atoms with van der Waals surface area (Å²) in [6, 6.07) is 5.43. The number of hydrogen-bond acceptors (Lipinski definition) is 2. The van der Waals surface area contributed by atoms with Crippen LogP contribution in [0.3, 0.4) is 0 Å². The molecular formula is C12H14N2O2S. The number of carbonyl (C=O) groups is 1. The number of nitrogens with one attached hydrogen (secondary N) is 2. The number of rotatable bonds is 3. The third-order valence-corrected chi connectivity index (χ3v) is 2.87. The van der Waals surface area contributed by atoms with Crippen molar-refractivity contribution in [3.8, 4) is 0 Å². The molecule has 0 saturated heterocycles. The van der Waals surface area contributed by atoms with Gasteiger partial charge in [0.2, 0.25) is 0 Å². The van der Waals surface area contributed by atoms with Crippen LogP contribution in [0.5, 0.6) is 0 Å². The SMILES string of the molecule is Cc1ccc(C(=O)O)cc1NC(=S)NC1CC1. The normalized spacial score (nSPS) is 14.2. The van der Waals surface area contributed by atoms with Crippen molar-refractivity contribution in [1.29, 1.82) is 0 Å². The lowest BCUT2D eigenvalue weighted by Crippen LogP contribution is -2.30. The summed E-state index contributed by atoms with van der Waals surface area (Å²) < 4.78 is 0. The van der Waals surface area contributed by atoms with Crippen molar-refractivity contribution in [3.63, 3.8) is 0 Å². The van der Waals surface area contributed by atoms with E-state index < -0.39 is 5.97 Å². The van der Waals surface area contributed by atoms with Crippen molar-refractivity contribution in [2.75, 3.05) is 5.32 Å². The van der Waals surface area contributed by atoms with Gasteiger partial charge >= 0.3 is 5.97 Å². The van der Waals surface area contributed by atoms with E-state index in [1.165, 1.54) is 0 Å². The van der Waals surface area contributed by atoms with Crippen molar-refractivity contribution < 1.29 is 9.90 Å². The lowest BCUT2D eigenvalue weighted by atomic mass is 10.1. The van der Waals surface area contributed by atoms with E-state index in [1.54, 1.807) is 18.2 Å². The van der Waals surface area contributed by atoms with Crippen LogP contribution < -0.4 is 10.6 Å². The Hall–Kier alpha value is -1.62. The average Bonchev–Trinajstić information content (AvgIpc) is 3.04. The van der Waals surface area contributed by atoms with Crippen molar-refractivity contribution in [1.82, 2.24) is 5.32 Å². The Kier molecular flexibility index (Phi) is 3.28. The summed E-state index contributed by atoms with van der Waals surface area (Å²) in [5.41, 5.74) is 1.96. The Labute approximate surface area is 105 Å². The molecule has 0 atom stereocenters. The summed E-state index contributed by atoms with van der Waals surface area (Å²) in [6.07, 6.45) is 2.30. The van der Waals surface area contributed by atoms with E-state index in [0.717, 1.165) is 24.1 Å². The van der Waals surface area contributed by atoms with Crippen molar-refractivity contribution in [2.45, 2.75) is 25.8 Å². The van der Waals surface area contributed by atoms with Crippen LogP contribution in [0, 0.1) is 6.92 Å². The largest absolute Gasteiger partial charge is 0.478 e. The number of carboxylic acid groups (broad SMARTS) is 1. The maximum absolute atomic E-state index is 10.9. The number of benzene rings is 1. The highest BCUT2D eigenvalue weighted by atomic mass is 32.1. The van der Waals surface area contributed by atoms with Crippen molar-refractivity contribution >= 4 is 29.0 Å². The standard InChI is InChI=1S/C12H14N2O2S/c1-7-2-3-8(11(15)16)6-10(7)14-12(17)13-9-4-5-9/h2-3,6,9H,4-5H2,1H3,(H,15,16)(H2,13,14,17). The number of aryl methyl sites for hydroxylation is 1. The van der Waals surface area contributed by atoms with Crippen LogP contribution in [0.2, 0.25) is 0 Å². The van der Waals surface area contributed by atoms with Crippen LogP contribution >= 0.6 is 12.2 Å². The molecule has 1 saturated carbocycles. The molecular weight excluding hydrogens is 236 g/mol. The summed E-state index contributed by atoms with van der Waals surface area (Å²) in [5.74, 6) is -0.936. The van der Waals surface area contributed by atoms with E-state index in [-0.39, 0.29) is 5.56 Å². The van der Waals surface area contributed by atoms with Gasteiger partial charge in [-0.3, -0.25) is 0 Å². The summed E-state index contributed by atoms with van der Waals surface area (Å²) in [4.78, 5) is 10.9. The predicted octanol–water partition coefficient (Wildman–Crippen LogP) is 2.14. The summed E-state index contributed by atoms with van der Waals surface area (Å²) in [5, 5.41) is 15.7. The second-order valence-corrected chi connectivity index (χ2v) is 4.62. The van der Waals surface area contributed by atoms with Crippen LogP contribution in [0.15, 0.2) is 18.2 Å². The van der Waals surface area contributed by atoms with Gasteiger partial charge in [-0.2, -0.15) is 0 Å². The molecule has 1 fully saturated rings. The van der Waals surface area contributed by atoms with Gasteiger partial charge in [0.1, 0.15) is 0 Å². The quantitative estimate of drug-likeness (QED) is 0.717. The van der Waals surface area contributed by atoms with E-state index in [9.17, 15) is 4.79 Å². The second kappa shape index (κ2) is 4.71. The minimum atomic E-state index is -0.936. The van der Waals surface area contributed by atoms with Gasteiger partial charge in [-0.15, -0.1) is 0 Å². The highest BCUT2D eigenvalue weighted by Gasteiger charge is 2.21. The zero-order valence-corrected chi connectivity index (χ0v) is 10.3. The molecule has 17 heavy (non-hydrogen) atoms. The molecule has 0 bridgehead atoms. The van der Waals surface area contributed by atoms with Crippen molar-refractivity contribution in [2.24, 2.45) is 0 Å². The first-order chi connectivity index (χ1) is 8.06. The van der Waals surface area contributed by atoms with Gasteiger partial charge in [-0.1, -0.05) is 6.07 Å². The molecule has 0 amide bonds. The fourth-order valence-electron chi connectivity index (χ4n) is 1.46. The molecule has 0 heterocycles. The topological polar surface area (TPSA) is 61.4 Å². The fraction of sp³-hybridized carbons (Fsp3) is 0.333. The molecule has 1 aromatic rings. The van der Waals surface area contributed by atoms with Gasteiger partial charge in [0.25, 0.3) is 0 Å². The Morgan fingerprint density at radius 2 is 2.18 bits per heavy atom. The molecule has 5 heteroatoms. The molecule has 4 nitrogen and oxygen atoms in total. The highest BCUT2D eigenvalue weighted by Crippen LogP contribution is 2.20. The van der Waals surface area contributed by atoms with Gasteiger partial charge in [-0.05, 0) is 49.7 Å². The minimum absolute atomic E-state index is 0.257. The molecule has 0 spiro atoms. The number of hydrogen-bond donors (Lipinski definition) is 3. The van der Waals surface area contributed by atoms with Crippen LogP contribution in [-0.4, -0.2) is 22.2 Å². The number of anilines is 1. The third kappa shape index (κ3) is 3.17. The van der Waals surface area contributed by atoms with Crippen LogP contribution in [0.25, 0.3) is 0 Å². The van der Waals surface area contributed by atoms with Gasteiger partial charge in [-0.25, -0.2) is 4.79 Å². The molecule has 1 aliphatic rings. The Bertz CT molecular complexity index is 470. The van der Waals surface area contributed by atoms with E-state index >= 15 is 0 Å². The van der Waals surface area contributed by atoms with Gasteiger partial charge in [0, 0.05) is 11.7 Å².